The molecule has 0 N–H and O–H groups in total. The predicted molar refractivity (Wildman–Crippen MR) is 132 cm³/mol. The molecule has 2 unspecified atom stereocenters. The maximum absolute atomic E-state index is 12.5. The molecule has 4 nitrogen and oxygen atoms in total. The molecule has 0 spiro atoms. The van der Waals surface area contributed by atoms with E-state index in [1.165, 1.54) is 25.7 Å². The molecule has 0 saturated heterocycles. The largest absolute Gasteiger partial charge is 0.465 e. The molecule has 4 heteroatoms. The Morgan fingerprint density at radius 2 is 1.00 bits per heavy atom. The smallest absolute Gasteiger partial charge is 0.308 e. The molecule has 0 bridgehead atoms. The second kappa shape index (κ2) is 13.6. The Labute approximate surface area is 198 Å². The zero-order valence-electron chi connectivity index (χ0n) is 22.4. The van der Waals surface area contributed by atoms with Gasteiger partial charge in [-0.3, -0.25) is 9.59 Å². The molecular weight excluding hydrogens is 400 g/mol. The van der Waals surface area contributed by atoms with E-state index in [-0.39, 0.29) is 23.8 Å². The monoisotopic (exact) mass is 452 g/mol. The van der Waals surface area contributed by atoms with Crippen molar-refractivity contribution in [2.75, 3.05) is 13.2 Å². The summed E-state index contributed by atoms with van der Waals surface area (Å²) >= 11 is 0. The highest BCUT2D eigenvalue weighted by atomic mass is 16.5. The fourth-order valence-electron chi connectivity index (χ4n) is 4.38. The highest BCUT2D eigenvalue weighted by Crippen LogP contribution is 2.31. The first-order valence-electron chi connectivity index (χ1n) is 13.1. The highest BCUT2D eigenvalue weighted by Gasteiger charge is 2.32. The zero-order chi connectivity index (χ0) is 24.4. The first-order chi connectivity index (χ1) is 14.8. The van der Waals surface area contributed by atoms with Crippen LogP contribution in [0.4, 0.5) is 0 Å². The molecular formula is C28H52O4. The van der Waals surface area contributed by atoms with Crippen LogP contribution < -0.4 is 0 Å². The second-order valence-electron chi connectivity index (χ2n) is 12.9. The standard InChI is InChI=1S/C28H52O4/c1-21(11-9-17-27(3,4)5)19-31-25(29)23-13-15-24(16-14-23)26(30)32-20-22(2)12-10-18-28(6,7)8/h21-24H,9-20H2,1-8H3. The summed E-state index contributed by atoms with van der Waals surface area (Å²) in [5.74, 6) is 0.532. The Morgan fingerprint density at radius 1 is 0.688 bits per heavy atom. The van der Waals surface area contributed by atoms with Crippen LogP contribution in [0.5, 0.6) is 0 Å². The summed E-state index contributed by atoms with van der Waals surface area (Å²) in [5.41, 5.74) is 0.723. The fourth-order valence-corrected chi connectivity index (χ4v) is 4.38. The fraction of sp³-hybridized carbons (Fsp3) is 0.929. The van der Waals surface area contributed by atoms with Crippen molar-refractivity contribution in [1.82, 2.24) is 0 Å². The van der Waals surface area contributed by atoms with Crippen molar-refractivity contribution in [2.24, 2.45) is 34.5 Å². The molecule has 1 aliphatic carbocycles. The Hall–Kier alpha value is -1.06. The Balaban J connectivity index is 2.21. The van der Waals surface area contributed by atoms with E-state index in [1.54, 1.807) is 0 Å². The lowest BCUT2D eigenvalue weighted by Gasteiger charge is -2.27. The first kappa shape index (κ1) is 29.0. The number of hydrogen-bond donors (Lipinski definition) is 0. The third-order valence-electron chi connectivity index (χ3n) is 6.66. The topological polar surface area (TPSA) is 52.6 Å². The molecule has 0 heterocycles. The lowest BCUT2D eigenvalue weighted by atomic mass is 9.82. The molecule has 188 valence electrons. The minimum atomic E-state index is -0.0769. The normalized spacial score (nSPS) is 21.6. The average Bonchev–Trinajstić information content (AvgIpc) is 2.68. The van der Waals surface area contributed by atoms with Crippen molar-refractivity contribution in [2.45, 2.75) is 120 Å². The van der Waals surface area contributed by atoms with Crippen molar-refractivity contribution < 1.29 is 19.1 Å². The van der Waals surface area contributed by atoms with Gasteiger partial charge in [-0.25, -0.2) is 0 Å². The van der Waals surface area contributed by atoms with Crippen molar-refractivity contribution in [1.29, 1.82) is 0 Å². The lowest BCUT2D eigenvalue weighted by Crippen LogP contribution is -2.29. The Bertz CT molecular complexity index is 497. The van der Waals surface area contributed by atoms with Crippen LogP contribution >= 0.6 is 0 Å². The number of carbonyl (C=O) groups is 2. The van der Waals surface area contributed by atoms with Gasteiger partial charge in [-0.05, 0) is 74.0 Å². The molecule has 0 aromatic heterocycles. The Morgan fingerprint density at radius 3 is 1.28 bits per heavy atom. The number of esters is 2. The van der Waals surface area contributed by atoms with Gasteiger partial charge in [0, 0.05) is 0 Å². The van der Waals surface area contributed by atoms with E-state index in [9.17, 15) is 9.59 Å². The van der Waals surface area contributed by atoms with Gasteiger partial charge in [0.15, 0.2) is 0 Å². The summed E-state index contributed by atoms with van der Waals surface area (Å²) in [6.45, 7) is 18.9. The van der Waals surface area contributed by atoms with Gasteiger partial charge >= 0.3 is 11.9 Å². The van der Waals surface area contributed by atoms with E-state index in [2.05, 4.69) is 55.4 Å². The molecule has 1 rings (SSSR count). The van der Waals surface area contributed by atoms with Crippen molar-refractivity contribution in [3.05, 3.63) is 0 Å². The van der Waals surface area contributed by atoms with Crippen molar-refractivity contribution in [3.8, 4) is 0 Å². The molecule has 0 aliphatic heterocycles. The highest BCUT2D eigenvalue weighted by molar-refractivity contribution is 5.75. The molecule has 1 saturated carbocycles. The summed E-state index contributed by atoms with van der Waals surface area (Å²) < 4.78 is 11.2. The quantitative estimate of drug-likeness (QED) is 0.286. The van der Waals surface area contributed by atoms with E-state index in [0.29, 0.717) is 35.9 Å². The van der Waals surface area contributed by atoms with Crippen LogP contribution in [0.15, 0.2) is 0 Å². The van der Waals surface area contributed by atoms with E-state index in [0.717, 1.165) is 38.5 Å². The van der Waals surface area contributed by atoms with Gasteiger partial charge in [0.1, 0.15) is 0 Å². The molecule has 0 aromatic rings. The summed E-state index contributed by atoms with van der Waals surface area (Å²) in [6.07, 6.45) is 9.86. The molecule has 1 aliphatic rings. The van der Waals surface area contributed by atoms with Crippen LogP contribution in [-0.2, 0) is 19.1 Å². The van der Waals surface area contributed by atoms with Crippen LogP contribution in [0.25, 0.3) is 0 Å². The summed E-state index contributed by atoms with van der Waals surface area (Å²) in [7, 11) is 0. The van der Waals surface area contributed by atoms with Gasteiger partial charge < -0.3 is 9.47 Å². The number of rotatable bonds is 12. The van der Waals surface area contributed by atoms with E-state index in [1.807, 2.05) is 0 Å². The van der Waals surface area contributed by atoms with Crippen LogP contribution in [0, 0.1) is 34.5 Å². The molecule has 32 heavy (non-hydrogen) atoms. The lowest BCUT2D eigenvalue weighted by molar-refractivity contribution is -0.156. The zero-order valence-corrected chi connectivity index (χ0v) is 22.4. The summed E-state index contributed by atoms with van der Waals surface area (Å²) in [6, 6.07) is 0. The molecule has 0 radical (unpaired) electrons. The van der Waals surface area contributed by atoms with Gasteiger partial charge in [0.25, 0.3) is 0 Å². The van der Waals surface area contributed by atoms with Crippen molar-refractivity contribution in [3.63, 3.8) is 0 Å². The number of ether oxygens (including phenoxy) is 2. The van der Waals surface area contributed by atoms with E-state index in [4.69, 9.17) is 9.47 Å². The Kier molecular flexibility index (Phi) is 12.3. The van der Waals surface area contributed by atoms with Crippen LogP contribution in [-0.4, -0.2) is 25.2 Å². The third-order valence-corrected chi connectivity index (χ3v) is 6.66. The van der Waals surface area contributed by atoms with Gasteiger partial charge in [0.05, 0.1) is 25.0 Å². The number of hydrogen-bond acceptors (Lipinski definition) is 4. The summed E-state index contributed by atoms with van der Waals surface area (Å²) in [4.78, 5) is 24.9. The van der Waals surface area contributed by atoms with Crippen molar-refractivity contribution >= 4 is 11.9 Å². The second-order valence-corrected chi connectivity index (χ2v) is 12.9. The van der Waals surface area contributed by atoms with Gasteiger partial charge in [-0.2, -0.15) is 0 Å². The first-order valence-corrected chi connectivity index (χ1v) is 13.1. The van der Waals surface area contributed by atoms with E-state index < -0.39 is 0 Å². The van der Waals surface area contributed by atoms with E-state index >= 15 is 0 Å². The molecule has 0 amide bonds. The SMILES string of the molecule is CC(CCCC(C)(C)C)COC(=O)C1CCC(C(=O)OCC(C)CCCC(C)(C)C)CC1. The minimum Gasteiger partial charge on any atom is -0.465 e. The molecule has 1 fully saturated rings. The predicted octanol–water partition coefficient (Wildman–Crippen LogP) is 7.58. The van der Waals surface area contributed by atoms with Crippen LogP contribution in [0.1, 0.15) is 120 Å². The van der Waals surface area contributed by atoms with Gasteiger partial charge in [0.2, 0.25) is 0 Å². The maximum Gasteiger partial charge on any atom is 0.308 e. The maximum atomic E-state index is 12.5. The van der Waals surface area contributed by atoms with Crippen LogP contribution in [0.2, 0.25) is 0 Å². The number of carbonyl (C=O) groups excluding carboxylic acids is 2. The average molecular weight is 453 g/mol. The molecule has 0 aromatic carbocycles. The summed E-state index contributed by atoms with van der Waals surface area (Å²) in [5, 5.41) is 0. The van der Waals surface area contributed by atoms with Gasteiger partial charge in [-0.15, -0.1) is 0 Å². The third kappa shape index (κ3) is 13.5. The molecule has 2 atom stereocenters. The van der Waals surface area contributed by atoms with Gasteiger partial charge in [-0.1, -0.05) is 68.2 Å². The van der Waals surface area contributed by atoms with Crippen LogP contribution in [0.3, 0.4) is 0 Å². The minimum absolute atomic E-state index is 0.0582.